The van der Waals surface area contributed by atoms with Gasteiger partial charge in [-0.05, 0) is 60.6 Å². The Bertz CT molecular complexity index is 1140. The minimum atomic E-state index is -0.899. The Labute approximate surface area is 201 Å². The quantitative estimate of drug-likeness (QED) is 0.595. The van der Waals surface area contributed by atoms with Crippen molar-refractivity contribution >= 4 is 41.0 Å². The number of thioether (sulfide) groups is 1. The number of carbonyl (C=O) groups excluding carboxylic acids is 3. The SMILES string of the molecule is COC(=O)[C@H](CCSC)NC(=O)c1cc2c(n(-c3ccc(Cl)cc3)c1=O)CC(C)(C)CC2=O. The number of ketones is 1. The van der Waals surface area contributed by atoms with E-state index in [1.807, 2.05) is 20.1 Å². The third-order valence-corrected chi connectivity index (χ3v) is 6.52. The lowest BCUT2D eigenvalue weighted by atomic mass is 9.75. The zero-order valence-corrected chi connectivity index (χ0v) is 20.6. The average molecular weight is 491 g/mol. The molecule has 1 aliphatic rings. The predicted molar refractivity (Wildman–Crippen MR) is 130 cm³/mol. The molecule has 0 unspecified atom stereocenters. The summed E-state index contributed by atoms with van der Waals surface area (Å²) in [7, 11) is 1.24. The van der Waals surface area contributed by atoms with E-state index in [4.69, 9.17) is 16.3 Å². The number of hydrogen-bond acceptors (Lipinski definition) is 6. The average Bonchev–Trinajstić information content (AvgIpc) is 2.75. The second-order valence-electron chi connectivity index (χ2n) is 8.81. The van der Waals surface area contributed by atoms with Gasteiger partial charge in [-0.2, -0.15) is 11.8 Å². The molecule has 0 bridgehead atoms. The predicted octanol–water partition coefficient (Wildman–Crippen LogP) is 3.67. The van der Waals surface area contributed by atoms with Gasteiger partial charge >= 0.3 is 5.97 Å². The number of amides is 1. The molecule has 1 atom stereocenters. The monoisotopic (exact) mass is 490 g/mol. The molecule has 1 aliphatic carbocycles. The van der Waals surface area contributed by atoms with Gasteiger partial charge in [-0.25, -0.2) is 4.79 Å². The van der Waals surface area contributed by atoms with Gasteiger partial charge in [0.1, 0.15) is 11.6 Å². The number of esters is 1. The summed E-state index contributed by atoms with van der Waals surface area (Å²) in [6, 6.07) is 7.10. The van der Waals surface area contributed by atoms with Crippen molar-refractivity contribution in [3.63, 3.8) is 0 Å². The maximum Gasteiger partial charge on any atom is 0.328 e. The maximum absolute atomic E-state index is 13.6. The standard InChI is InChI=1S/C24H27ClN2O5S/c1-24(2)12-19-16(20(28)13-24)11-17(21(29)26-18(9-10-33-4)23(31)32-3)22(30)27(19)15-7-5-14(25)6-8-15/h5-8,11,18H,9-10,12-13H2,1-4H3,(H,26,29)/t18-/m0/s1. The Morgan fingerprint density at radius 3 is 2.48 bits per heavy atom. The van der Waals surface area contributed by atoms with Crippen LogP contribution in [-0.2, 0) is 16.0 Å². The Morgan fingerprint density at radius 1 is 1.21 bits per heavy atom. The molecule has 1 amide bonds. The number of methoxy groups -OCH3 is 1. The van der Waals surface area contributed by atoms with Crippen molar-refractivity contribution in [1.82, 2.24) is 9.88 Å². The first-order valence-corrected chi connectivity index (χ1v) is 12.3. The highest BCUT2D eigenvalue weighted by Gasteiger charge is 2.35. The molecule has 9 heteroatoms. The fourth-order valence-corrected chi connectivity index (χ4v) is 4.60. The highest BCUT2D eigenvalue weighted by atomic mass is 35.5. The van der Waals surface area contributed by atoms with Gasteiger partial charge in [0.25, 0.3) is 11.5 Å². The number of halogens is 1. The summed E-state index contributed by atoms with van der Waals surface area (Å²) < 4.78 is 6.21. The van der Waals surface area contributed by atoms with Crippen LogP contribution in [-0.4, -0.2) is 47.4 Å². The first-order valence-electron chi connectivity index (χ1n) is 10.5. The Balaban J connectivity index is 2.14. The van der Waals surface area contributed by atoms with Crippen LogP contribution in [0.2, 0.25) is 5.02 Å². The van der Waals surface area contributed by atoms with Crippen molar-refractivity contribution in [2.24, 2.45) is 5.41 Å². The number of nitrogens with zero attached hydrogens (tertiary/aromatic N) is 1. The zero-order chi connectivity index (χ0) is 24.3. The van der Waals surface area contributed by atoms with Crippen LogP contribution < -0.4 is 10.9 Å². The van der Waals surface area contributed by atoms with E-state index in [1.165, 1.54) is 29.5 Å². The number of pyridine rings is 1. The molecule has 0 fully saturated rings. The minimum absolute atomic E-state index is 0.134. The Kier molecular flexibility index (Phi) is 7.69. The van der Waals surface area contributed by atoms with Gasteiger partial charge in [0, 0.05) is 28.4 Å². The molecule has 7 nitrogen and oxygen atoms in total. The number of aromatic nitrogens is 1. The second-order valence-corrected chi connectivity index (χ2v) is 10.2. The number of nitrogens with one attached hydrogen (secondary N) is 1. The molecular weight excluding hydrogens is 464 g/mol. The van der Waals surface area contributed by atoms with E-state index in [0.717, 1.165) is 0 Å². The van der Waals surface area contributed by atoms with Crippen LogP contribution >= 0.6 is 23.4 Å². The number of Topliss-reactive ketones (excluding diaryl/α,β-unsaturated/α-hetero) is 1. The molecule has 176 valence electrons. The topological polar surface area (TPSA) is 94.5 Å². The van der Waals surface area contributed by atoms with Crippen LogP contribution in [0.15, 0.2) is 35.1 Å². The van der Waals surface area contributed by atoms with Gasteiger partial charge in [0.15, 0.2) is 5.78 Å². The highest BCUT2D eigenvalue weighted by molar-refractivity contribution is 7.98. The molecule has 1 heterocycles. The van der Waals surface area contributed by atoms with Crippen molar-refractivity contribution in [2.45, 2.75) is 39.2 Å². The largest absolute Gasteiger partial charge is 0.467 e. The highest BCUT2D eigenvalue weighted by Crippen LogP contribution is 2.35. The number of rotatable bonds is 7. The molecule has 0 spiro atoms. The molecule has 1 aromatic carbocycles. The van der Waals surface area contributed by atoms with Gasteiger partial charge in [0.05, 0.1) is 7.11 Å². The summed E-state index contributed by atoms with van der Waals surface area (Å²) in [4.78, 5) is 51.9. The second kappa shape index (κ2) is 10.1. The van der Waals surface area contributed by atoms with Crippen LogP contribution in [0.4, 0.5) is 0 Å². The number of benzene rings is 1. The van der Waals surface area contributed by atoms with Gasteiger partial charge in [-0.3, -0.25) is 19.0 Å². The van der Waals surface area contributed by atoms with Crippen LogP contribution in [0.1, 0.15) is 53.1 Å². The lowest BCUT2D eigenvalue weighted by Crippen LogP contribution is -2.45. The summed E-state index contributed by atoms with van der Waals surface area (Å²) in [5.41, 5.74) is 0.317. The normalized spacial score (nSPS) is 15.5. The molecule has 0 saturated heterocycles. The molecule has 2 aromatic rings. The van der Waals surface area contributed by atoms with Gasteiger partial charge in [-0.15, -0.1) is 0 Å². The number of ether oxygens (including phenoxy) is 1. The van der Waals surface area contributed by atoms with E-state index in [0.29, 0.717) is 47.0 Å². The van der Waals surface area contributed by atoms with Crippen molar-refractivity contribution < 1.29 is 19.1 Å². The van der Waals surface area contributed by atoms with E-state index in [1.54, 1.807) is 24.3 Å². The first kappa shape index (κ1) is 25.1. The lowest BCUT2D eigenvalue weighted by Gasteiger charge is -2.32. The van der Waals surface area contributed by atoms with Crippen molar-refractivity contribution in [1.29, 1.82) is 0 Å². The molecule has 0 radical (unpaired) electrons. The number of fused-ring (bicyclic) bond motifs is 1. The van der Waals surface area contributed by atoms with Crippen molar-refractivity contribution in [3.8, 4) is 5.69 Å². The fraction of sp³-hybridized carbons (Fsp3) is 0.417. The molecule has 0 saturated carbocycles. The van der Waals surface area contributed by atoms with Crippen molar-refractivity contribution in [3.05, 3.63) is 62.5 Å². The van der Waals surface area contributed by atoms with Gasteiger partial charge < -0.3 is 10.1 Å². The van der Waals surface area contributed by atoms with E-state index in [2.05, 4.69) is 5.32 Å². The summed E-state index contributed by atoms with van der Waals surface area (Å²) in [6.07, 6.45) is 3.03. The lowest BCUT2D eigenvalue weighted by molar-refractivity contribution is -0.142. The smallest absolute Gasteiger partial charge is 0.328 e. The third-order valence-electron chi connectivity index (χ3n) is 5.62. The molecule has 0 aliphatic heterocycles. The first-order chi connectivity index (χ1) is 15.6. The summed E-state index contributed by atoms with van der Waals surface area (Å²) in [5, 5.41) is 3.11. The fourth-order valence-electron chi connectivity index (χ4n) is 4.00. The van der Waals surface area contributed by atoms with E-state index in [-0.39, 0.29) is 16.8 Å². The van der Waals surface area contributed by atoms with Crippen LogP contribution in [0.5, 0.6) is 0 Å². The summed E-state index contributed by atoms with van der Waals surface area (Å²) in [6.45, 7) is 3.94. The van der Waals surface area contributed by atoms with Crippen LogP contribution in [0, 0.1) is 5.41 Å². The van der Waals surface area contributed by atoms with Crippen LogP contribution in [0.25, 0.3) is 5.69 Å². The molecule has 1 aromatic heterocycles. The van der Waals surface area contributed by atoms with Crippen LogP contribution in [0.3, 0.4) is 0 Å². The van der Waals surface area contributed by atoms with E-state index >= 15 is 0 Å². The van der Waals surface area contributed by atoms with Gasteiger partial charge in [-0.1, -0.05) is 25.4 Å². The molecule has 1 N–H and O–H groups in total. The Hall–Kier alpha value is -2.58. The number of carbonyl (C=O) groups is 3. The summed E-state index contributed by atoms with van der Waals surface area (Å²) >= 11 is 7.55. The molecular formula is C24H27ClN2O5S. The van der Waals surface area contributed by atoms with Gasteiger partial charge in [0.2, 0.25) is 0 Å². The number of hydrogen-bond donors (Lipinski definition) is 1. The zero-order valence-electron chi connectivity index (χ0n) is 19.1. The molecule has 3 rings (SSSR count). The maximum atomic E-state index is 13.6. The third kappa shape index (κ3) is 5.50. The summed E-state index contributed by atoms with van der Waals surface area (Å²) in [5.74, 6) is -0.830. The Morgan fingerprint density at radius 2 is 1.88 bits per heavy atom. The van der Waals surface area contributed by atoms with E-state index < -0.39 is 23.5 Å². The minimum Gasteiger partial charge on any atom is -0.467 e. The van der Waals surface area contributed by atoms with E-state index in [9.17, 15) is 19.2 Å². The molecule has 33 heavy (non-hydrogen) atoms. The van der Waals surface area contributed by atoms with Crippen molar-refractivity contribution in [2.75, 3.05) is 19.1 Å².